The van der Waals surface area contributed by atoms with E-state index in [4.69, 9.17) is 10.3 Å². The first-order chi connectivity index (χ1) is 10.2. The Kier molecular flexibility index (Phi) is 3.92. The summed E-state index contributed by atoms with van der Waals surface area (Å²) >= 11 is 1.60. The van der Waals surface area contributed by atoms with E-state index in [0.29, 0.717) is 17.5 Å². The second-order valence-corrected chi connectivity index (χ2v) is 5.73. The number of nitrogens with zero attached hydrogens (tertiary/aromatic N) is 2. The molecular weight excluding hydrogens is 282 g/mol. The van der Waals surface area contributed by atoms with Crippen LogP contribution in [0.15, 0.2) is 57.9 Å². The van der Waals surface area contributed by atoms with Gasteiger partial charge in [0.2, 0.25) is 0 Å². The van der Waals surface area contributed by atoms with Crippen LogP contribution in [-0.4, -0.2) is 10.1 Å². The topological polar surface area (TPSA) is 64.9 Å². The Hall–Kier alpha value is -2.27. The molecule has 0 aliphatic rings. The van der Waals surface area contributed by atoms with E-state index in [1.807, 2.05) is 55.5 Å². The molecule has 0 amide bonds. The molecule has 0 saturated heterocycles. The number of rotatable bonds is 4. The summed E-state index contributed by atoms with van der Waals surface area (Å²) in [4.78, 5) is 5.44. The SMILES string of the molecule is Cc1ccc(-c2nc(CSc3ccccc3N)no2)cc1. The number of hydrogen-bond acceptors (Lipinski definition) is 5. The van der Waals surface area contributed by atoms with Gasteiger partial charge in [-0.2, -0.15) is 4.98 Å². The Morgan fingerprint density at radius 1 is 1.10 bits per heavy atom. The van der Waals surface area contributed by atoms with Crippen LogP contribution >= 0.6 is 11.8 Å². The van der Waals surface area contributed by atoms with E-state index in [-0.39, 0.29) is 0 Å². The van der Waals surface area contributed by atoms with Crippen LogP contribution in [0.2, 0.25) is 0 Å². The molecule has 1 aromatic heterocycles. The zero-order chi connectivity index (χ0) is 14.7. The predicted octanol–water partition coefficient (Wildman–Crippen LogP) is 3.92. The van der Waals surface area contributed by atoms with Crippen molar-refractivity contribution in [2.75, 3.05) is 5.73 Å². The van der Waals surface area contributed by atoms with Gasteiger partial charge in [-0.25, -0.2) is 0 Å². The molecule has 1 heterocycles. The maximum atomic E-state index is 5.91. The molecule has 0 atom stereocenters. The molecule has 0 aliphatic carbocycles. The number of nitrogen functional groups attached to an aromatic ring is 1. The number of aromatic nitrogens is 2. The van der Waals surface area contributed by atoms with Crippen molar-refractivity contribution in [3.8, 4) is 11.5 Å². The van der Waals surface area contributed by atoms with Crippen LogP contribution in [0, 0.1) is 6.92 Å². The Bertz CT molecular complexity index is 737. The molecule has 2 N–H and O–H groups in total. The normalized spacial score (nSPS) is 10.7. The molecule has 0 radical (unpaired) electrons. The van der Waals surface area contributed by atoms with Crippen molar-refractivity contribution in [1.82, 2.24) is 10.1 Å². The number of anilines is 1. The Morgan fingerprint density at radius 3 is 2.62 bits per heavy atom. The lowest BCUT2D eigenvalue weighted by Gasteiger charge is -2.01. The number of aryl methyl sites for hydroxylation is 1. The average Bonchev–Trinajstić information content (AvgIpc) is 2.96. The van der Waals surface area contributed by atoms with Crippen LogP contribution in [0.4, 0.5) is 5.69 Å². The van der Waals surface area contributed by atoms with Gasteiger partial charge in [-0.05, 0) is 31.2 Å². The average molecular weight is 297 g/mol. The fraction of sp³-hybridized carbons (Fsp3) is 0.125. The van der Waals surface area contributed by atoms with Crippen LogP contribution in [0.1, 0.15) is 11.4 Å². The van der Waals surface area contributed by atoms with Gasteiger partial charge in [-0.15, -0.1) is 11.8 Å². The van der Waals surface area contributed by atoms with Gasteiger partial charge in [0.25, 0.3) is 5.89 Å². The van der Waals surface area contributed by atoms with Crippen LogP contribution < -0.4 is 5.73 Å². The Balaban J connectivity index is 1.71. The number of nitrogens with two attached hydrogens (primary N) is 1. The molecule has 106 valence electrons. The van der Waals surface area contributed by atoms with E-state index in [0.717, 1.165) is 16.1 Å². The van der Waals surface area contributed by atoms with Gasteiger partial charge in [0.15, 0.2) is 5.82 Å². The summed E-state index contributed by atoms with van der Waals surface area (Å²) in [5, 5.41) is 4.01. The van der Waals surface area contributed by atoms with E-state index in [1.54, 1.807) is 11.8 Å². The van der Waals surface area contributed by atoms with E-state index in [2.05, 4.69) is 10.1 Å². The van der Waals surface area contributed by atoms with E-state index >= 15 is 0 Å². The van der Waals surface area contributed by atoms with Gasteiger partial charge in [0, 0.05) is 16.1 Å². The molecule has 3 rings (SSSR count). The minimum absolute atomic E-state index is 0.548. The lowest BCUT2D eigenvalue weighted by molar-refractivity contribution is 0.425. The Morgan fingerprint density at radius 2 is 1.86 bits per heavy atom. The fourth-order valence-corrected chi connectivity index (χ4v) is 2.69. The first-order valence-electron chi connectivity index (χ1n) is 6.59. The van der Waals surface area contributed by atoms with Crippen molar-refractivity contribution in [3.63, 3.8) is 0 Å². The molecule has 0 fully saturated rings. The molecule has 0 saturated carbocycles. The lowest BCUT2D eigenvalue weighted by atomic mass is 10.1. The molecule has 0 bridgehead atoms. The zero-order valence-corrected chi connectivity index (χ0v) is 12.4. The van der Waals surface area contributed by atoms with Crippen LogP contribution in [0.25, 0.3) is 11.5 Å². The van der Waals surface area contributed by atoms with E-state index in [9.17, 15) is 0 Å². The van der Waals surface area contributed by atoms with Crippen LogP contribution in [0.5, 0.6) is 0 Å². The van der Waals surface area contributed by atoms with Gasteiger partial charge in [0.1, 0.15) is 0 Å². The number of para-hydroxylation sites is 1. The standard InChI is InChI=1S/C16H15N3OS/c1-11-6-8-12(9-7-11)16-18-15(19-20-16)10-21-14-5-3-2-4-13(14)17/h2-9H,10,17H2,1H3. The molecule has 0 spiro atoms. The number of thioether (sulfide) groups is 1. The van der Waals surface area contributed by atoms with Crippen molar-refractivity contribution in [1.29, 1.82) is 0 Å². The molecule has 0 unspecified atom stereocenters. The third kappa shape index (κ3) is 3.25. The largest absolute Gasteiger partial charge is 0.398 e. The predicted molar refractivity (Wildman–Crippen MR) is 84.9 cm³/mol. The van der Waals surface area contributed by atoms with Gasteiger partial charge >= 0.3 is 0 Å². The minimum Gasteiger partial charge on any atom is -0.398 e. The molecule has 5 heteroatoms. The monoisotopic (exact) mass is 297 g/mol. The molecule has 21 heavy (non-hydrogen) atoms. The third-order valence-electron chi connectivity index (χ3n) is 3.04. The highest BCUT2D eigenvalue weighted by atomic mass is 32.2. The Labute approximate surface area is 127 Å². The first kappa shape index (κ1) is 13.7. The smallest absolute Gasteiger partial charge is 0.257 e. The molecule has 4 nitrogen and oxygen atoms in total. The first-order valence-corrected chi connectivity index (χ1v) is 7.58. The quantitative estimate of drug-likeness (QED) is 0.584. The van der Waals surface area contributed by atoms with E-state index < -0.39 is 0 Å². The van der Waals surface area contributed by atoms with E-state index in [1.165, 1.54) is 5.56 Å². The second-order valence-electron chi connectivity index (χ2n) is 4.71. The van der Waals surface area contributed by atoms with Crippen molar-refractivity contribution in [3.05, 3.63) is 59.9 Å². The minimum atomic E-state index is 0.548. The summed E-state index contributed by atoms with van der Waals surface area (Å²) in [6, 6.07) is 15.8. The summed E-state index contributed by atoms with van der Waals surface area (Å²) in [6.07, 6.45) is 0. The van der Waals surface area contributed by atoms with Crippen molar-refractivity contribution >= 4 is 17.4 Å². The molecular formula is C16H15N3OS. The van der Waals surface area contributed by atoms with Crippen molar-refractivity contribution < 1.29 is 4.52 Å². The second kappa shape index (κ2) is 6.01. The highest BCUT2D eigenvalue weighted by Gasteiger charge is 2.09. The maximum Gasteiger partial charge on any atom is 0.257 e. The number of hydrogen-bond donors (Lipinski definition) is 1. The summed E-state index contributed by atoms with van der Waals surface area (Å²) in [5.41, 5.74) is 8.81. The van der Waals surface area contributed by atoms with Crippen LogP contribution in [-0.2, 0) is 5.75 Å². The van der Waals surface area contributed by atoms with Crippen molar-refractivity contribution in [2.45, 2.75) is 17.6 Å². The maximum absolute atomic E-state index is 5.91. The van der Waals surface area contributed by atoms with Gasteiger partial charge < -0.3 is 10.3 Å². The molecule has 3 aromatic rings. The van der Waals surface area contributed by atoms with Gasteiger partial charge in [-0.3, -0.25) is 0 Å². The lowest BCUT2D eigenvalue weighted by Crippen LogP contribution is -1.89. The number of benzene rings is 2. The summed E-state index contributed by atoms with van der Waals surface area (Å²) in [7, 11) is 0. The molecule has 2 aromatic carbocycles. The van der Waals surface area contributed by atoms with Crippen molar-refractivity contribution in [2.24, 2.45) is 0 Å². The summed E-state index contributed by atoms with van der Waals surface area (Å²) in [6.45, 7) is 2.05. The molecule has 0 aliphatic heterocycles. The highest BCUT2D eigenvalue weighted by Crippen LogP contribution is 2.27. The third-order valence-corrected chi connectivity index (χ3v) is 4.13. The highest BCUT2D eigenvalue weighted by molar-refractivity contribution is 7.98. The zero-order valence-electron chi connectivity index (χ0n) is 11.6. The summed E-state index contributed by atoms with van der Waals surface area (Å²) < 4.78 is 5.30. The van der Waals surface area contributed by atoms with Gasteiger partial charge in [0.05, 0.1) is 5.75 Å². The van der Waals surface area contributed by atoms with Crippen LogP contribution in [0.3, 0.4) is 0 Å². The van der Waals surface area contributed by atoms with Gasteiger partial charge in [-0.1, -0.05) is 35.0 Å². The summed E-state index contributed by atoms with van der Waals surface area (Å²) in [5.74, 6) is 1.84. The fourth-order valence-electron chi connectivity index (χ4n) is 1.88.